The number of rotatable bonds is 11. The molecule has 1 aromatic heterocycles. The van der Waals surface area contributed by atoms with Gasteiger partial charge in [-0.25, -0.2) is 4.79 Å². The van der Waals surface area contributed by atoms with E-state index in [1.807, 2.05) is 62.4 Å². The molecule has 0 amide bonds. The number of hydrogen-bond acceptors (Lipinski definition) is 6. The van der Waals surface area contributed by atoms with Crippen LogP contribution >= 0.6 is 11.8 Å². The van der Waals surface area contributed by atoms with Gasteiger partial charge in [-0.1, -0.05) is 97.6 Å². The normalized spacial score (nSPS) is 15.3. The molecule has 0 atom stereocenters. The Kier molecular flexibility index (Phi) is 10.4. The summed E-state index contributed by atoms with van der Waals surface area (Å²) < 4.78 is 5.78. The van der Waals surface area contributed by atoms with Crippen molar-refractivity contribution in [3.63, 3.8) is 0 Å². The Hall–Kier alpha value is -3.64. The second-order valence-corrected chi connectivity index (χ2v) is 11.7. The monoisotopic (exact) mass is 555 g/mol. The van der Waals surface area contributed by atoms with E-state index in [-0.39, 0.29) is 5.78 Å². The summed E-state index contributed by atoms with van der Waals surface area (Å²) in [6, 6.07) is 15.8. The smallest absolute Gasteiger partial charge is 0.331 e. The largest absolute Gasteiger partial charge is 0.453 e. The van der Waals surface area contributed by atoms with E-state index in [0.29, 0.717) is 16.9 Å². The third kappa shape index (κ3) is 8.18. The van der Waals surface area contributed by atoms with E-state index in [2.05, 4.69) is 11.7 Å². The number of allylic oxidation sites excluding steroid dienone is 5. The van der Waals surface area contributed by atoms with Gasteiger partial charge in [0.05, 0.1) is 5.71 Å². The van der Waals surface area contributed by atoms with E-state index >= 15 is 0 Å². The highest BCUT2D eigenvalue weighted by atomic mass is 32.2. The summed E-state index contributed by atoms with van der Waals surface area (Å²) in [5.74, 6) is 0.408. The minimum Gasteiger partial charge on any atom is -0.453 e. The summed E-state index contributed by atoms with van der Waals surface area (Å²) in [6.45, 7) is 9.21. The Morgan fingerprint density at radius 3 is 2.50 bits per heavy atom. The number of benzene rings is 2. The Bertz CT molecular complexity index is 1450. The van der Waals surface area contributed by atoms with E-state index in [0.717, 1.165) is 50.8 Å². The van der Waals surface area contributed by atoms with Crippen molar-refractivity contribution in [2.24, 2.45) is 11.1 Å². The molecule has 5 nitrogen and oxygen atoms in total. The highest BCUT2D eigenvalue weighted by Gasteiger charge is 2.17. The first-order chi connectivity index (χ1) is 19.3. The molecule has 0 saturated heterocycles. The highest BCUT2D eigenvalue weighted by Crippen LogP contribution is 2.30. The van der Waals surface area contributed by atoms with Crippen LogP contribution in [0.2, 0.25) is 0 Å². The van der Waals surface area contributed by atoms with Crippen LogP contribution in [0.25, 0.3) is 11.0 Å². The third-order valence-corrected chi connectivity index (χ3v) is 8.11. The molecule has 0 radical (unpaired) electrons. The number of carbonyl (C=O) groups is 2. The van der Waals surface area contributed by atoms with Crippen LogP contribution in [0.3, 0.4) is 0 Å². The number of hydrogen-bond donors (Lipinski definition) is 0. The number of Topliss-reactive ketones (excluding diaryl/α,β-unsaturated/α-hetero) is 1. The minimum atomic E-state index is -0.413. The van der Waals surface area contributed by atoms with Gasteiger partial charge in [0.15, 0.2) is 5.76 Å². The van der Waals surface area contributed by atoms with Crippen molar-refractivity contribution in [2.45, 2.75) is 70.6 Å². The van der Waals surface area contributed by atoms with Gasteiger partial charge in [-0.05, 0) is 73.4 Å². The molecule has 0 N–H and O–H groups in total. The minimum absolute atomic E-state index is 0.199. The zero-order chi connectivity index (χ0) is 28.5. The van der Waals surface area contributed by atoms with Crippen molar-refractivity contribution < 1.29 is 18.8 Å². The van der Waals surface area contributed by atoms with Crippen molar-refractivity contribution in [1.29, 1.82) is 0 Å². The second-order valence-electron chi connectivity index (χ2n) is 10.4. The SMILES string of the molecule is C=C/C(=C\C=C(/C)Sc1ccc(/C(CCC2CCCCC2)=N/OC(C)=O)cc1)C(=O)c1cc2cc(C)ccc2o1. The van der Waals surface area contributed by atoms with Crippen LogP contribution in [0.15, 0.2) is 98.3 Å². The lowest BCUT2D eigenvalue weighted by Gasteiger charge is -2.21. The van der Waals surface area contributed by atoms with E-state index in [1.165, 1.54) is 39.0 Å². The van der Waals surface area contributed by atoms with Gasteiger partial charge >= 0.3 is 5.97 Å². The number of furan rings is 1. The number of nitrogens with zero attached hydrogens (tertiary/aromatic N) is 1. The van der Waals surface area contributed by atoms with Gasteiger partial charge in [0.25, 0.3) is 0 Å². The van der Waals surface area contributed by atoms with Crippen molar-refractivity contribution in [3.05, 3.63) is 101 Å². The average molecular weight is 556 g/mol. The number of thioether (sulfide) groups is 1. The molecule has 1 heterocycles. The van der Waals surface area contributed by atoms with Crippen LogP contribution in [-0.4, -0.2) is 17.5 Å². The van der Waals surface area contributed by atoms with Crippen LogP contribution < -0.4 is 0 Å². The van der Waals surface area contributed by atoms with Crippen molar-refractivity contribution in [1.82, 2.24) is 0 Å². The van der Waals surface area contributed by atoms with Crippen LogP contribution in [0.4, 0.5) is 0 Å². The van der Waals surface area contributed by atoms with Crippen molar-refractivity contribution >= 4 is 40.2 Å². The van der Waals surface area contributed by atoms with Gasteiger partial charge < -0.3 is 9.25 Å². The molecule has 0 bridgehead atoms. The fraction of sp³-hybridized carbons (Fsp3) is 0.324. The molecule has 3 aromatic rings. The van der Waals surface area contributed by atoms with Crippen LogP contribution in [-0.2, 0) is 9.63 Å². The summed E-state index contributed by atoms with van der Waals surface area (Å²) in [7, 11) is 0. The topological polar surface area (TPSA) is 68.9 Å². The predicted molar refractivity (Wildman–Crippen MR) is 164 cm³/mol. The first kappa shape index (κ1) is 29.3. The molecule has 1 aliphatic carbocycles. The van der Waals surface area contributed by atoms with E-state index in [4.69, 9.17) is 9.25 Å². The molecule has 1 fully saturated rings. The van der Waals surface area contributed by atoms with Crippen molar-refractivity contribution in [2.75, 3.05) is 0 Å². The maximum atomic E-state index is 13.0. The summed E-state index contributed by atoms with van der Waals surface area (Å²) >= 11 is 1.61. The molecule has 4 rings (SSSR count). The Balaban J connectivity index is 1.42. The summed E-state index contributed by atoms with van der Waals surface area (Å²) in [4.78, 5) is 31.5. The molecule has 208 valence electrons. The first-order valence-electron chi connectivity index (χ1n) is 13.9. The lowest BCUT2D eigenvalue weighted by molar-refractivity contribution is -0.140. The number of oxime groups is 1. The zero-order valence-corrected chi connectivity index (χ0v) is 24.4. The Morgan fingerprint density at radius 1 is 1.05 bits per heavy atom. The maximum Gasteiger partial charge on any atom is 0.331 e. The summed E-state index contributed by atoms with van der Waals surface area (Å²) in [6.07, 6.45) is 13.6. The van der Waals surface area contributed by atoms with Gasteiger partial charge in [0.1, 0.15) is 5.58 Å². The fourth-order valence-electron chi connectivity index (χ4n) is 4.97. The molecular formula is C34H37NO4S. The molecule has 40 heavy (non-hydrogen) atoms. The molecule has 2 aromatic carbocycles. The molecule has 1 saturated carbocycles. The fourth-order valence-corrected chi connectivity index (χ4v) is 5.75. The first-order valence-corrected chi connectivity index (χ1v) is 14.7. The number of fused-ring (bicyclic) bond motifs is 1. The maximum absolute atomic E-state index is 13.0. The summed E-state index contributed by atoms with van der Waals surface area (Å²) in [5.41, 5.74) is 4.04. The lowest BCUT2D eigenvalue weighted by Crippen LogP contribution is -2.10. The van der Waals surface area contributed by atoms with Crippen molar-refractivity contribution in [3.8, 4) is 0 Å². The number of carbonyl (C=O) groups excluding carboxylic acids is 2. The predicted octanol–water partition coefficient (Wildman–Crippen LogP) is 9.36. The lowest BCUT2D eigenvalue weighted by atomic mass is 9.85. The molecule has 0 aliphatic heterocycles. The molecular weight excluding hydrogens is 518 g/mol. The molecule has 0 spiro atoms. The Labute approximate surface area is 241 Å². The molecule has 0 unspecified atom stereocenters. The highest BCUT2D eigenvalue weighted by molar-refractivity contribution is 8.03. The van der Waals surface area contributed by atoms with Crippen LogP contribution in [0.1, 0.15) is 80.5 Å². The molecule has 6 heteroatoms. The van der Waals surface area contributed by atoms with Crippen LogP contribution in [0.5, 0.6) is 0 Å². The Morgan fingerprint density at radius 2 is 1.80 bits per heavy atom. The number of ketones is 1. The quantitative estimate of drug-likeness (QED) is 0.0448. The van der Waals surface area contributed by atoms with Crippen LogP contribution in [0, 0.1) is 12.8 Å². The standard InChI is InChI=1S/C34H37NO4S/c1-5-27(34(37)33-22-29-21-23(2)11-20-32(29)38-33)14-12-24(3)40-30-17-15-28(16-18-30)31(35-39-25(4)36)19-13-26-9-7-6-8-10-26/h5,11-12,14-18,20-22,26H,1,6-10,13,19H2,2-4H3/b24-12+,27-14+,35-31+. The third-order valence-electron chi connectivity index (χ3n) is 7.14. The average Bonchev–Trinajstić information content (AvgIpc) is 3.37. The van der Waals surface area contributed by atoms with Gasteiger partial charge in [0.2, 0.25) is 5.78 Å². The van der Waals surface area contributed by atoms with E-state index in [9.17, 15) is 9.59 Å². The number of aryl methyl sites for hydroxylation is 1. The molecule has 1 aliphatic rings. The van der Waals surface area contributed by atoms with E-state index < -0.39 is 5.97 Å². The van der Waals surface area contributed by atoms with E-state index in [1.54, 1.807) is 30.0 Å². The zero-order valence-electron chi connectivity index (χ0n) is 23.6. The van der Waals surface area contributed by atoms with Gasteiger partial charge in [-0.3, -0.25) is 4.79 Å². The second kappa shape index (κ2) is 14.1. The van der Waals surface area contributed by atoms with Gasteiger partial charge in [0, 0.05) is 22.8 Å². The van der Waals surface area contributed by atoms with Gasteiger partial charge in [-0.15, -0.1) is 0 Å². The van der Waals surface area contributed by atoms with Gasteiger partial charge in [-0.2, -0.15) is 0 Å². The summed E-state index contributed by atoms with van der Waals surface area (Å²) in [5, 5.41) is 5.09.